The van der Waals surface area contributed by atoms with Crippen molar-refractivity contribution in [3.8, 4) is 18.1 Å². The molecule has 0 saturated heterocycles. The summed E-state index contributed by atoms with van der Waals surface area (Å²) in [6.45, 7) is 2.47. The van der Waals surface area contributed by atoms with Crippen LogP contribution in [0.1, 0.15) is 23.7 Å². The lowest BCUT2D eigenvalue weighted by Crippen LogP contribution is -2.24. The van der Waals surface area contributed by atoms with Crippen molar-refractivity contribution >= 4 is 21.6 Å². The molecule has 136 valence electrons. The van der Waals surface area contributed by atoms with Crippen LogP contribution < -0.4 is 14.8 Å². The number of rotatable bonds is 8. The third-order valence-electron chi connectivity index (χ3n) is 3.34. The van der Waals surface area contributed by atoms with E-state index >= 15 is 0 Å². The summed E-state index contributed by atoms with van der Waals surface area (Å²) in [4.78, 5) is 12.4. The molecule has 0 fully saturated rings. The van der Waals surface area contributed by atoms with Gasteiger partial charge in [-0.1, -0.05) is 25.0 Å². The van der Waals surface area contributed by atoms with E-state index in [0.717, 1.165) is 6.42 Å². The first kappa shape index (κ1) is 19.5. The normalized spacial score (nSPS) is 10.8. The zero-order chi connectivity index (χ0) is 19.0. The Hall–Kier alpha value is -2.82. The van der Waals surface area contributed by atoms with Crippen molar-refractivity contribution in [1.82, 2.24) is 4.72 Å². The average molecular weight is 372 g/mol. The quantitative estimate of drug-likeness (QED) is 0.698. The van der Waals surface area contributed by atoms with E-state index in [4.69, 9.17) is 11.2 Å². The van der Waals surface area contributed by atoms with E-state index in [0.29, 0.717) is 18.0 Å². The zero-order valence-corrected chi connectivity index (χ0v) is 15.2. The summed E-state index contributed by atoms with van der Waals surface area (Å²) in [6.07, 6.45) is 5.95. The minimum Gasteiger partial charge on any atom is -0.494 e. The Labute approximate surface area is 153 Å². The number of sulfonamides is 1. The number of carbonyl (C=O) groups excluding carboxylic acids is 1. The Morgan fingerprint density at radius 3 is 2.69 bits per heavy atom. The molecule has 2 N–H and O–H groups in total. The van der Waals surface area contributed by atoms with E-state index in [1.807, 2.05) is 6.92 Å². The van der Waals surface area contributed by atoms with Gasteiger partial charge < -0.3 is 10.1 Å². The van der Waals surface area contributed by atoms with Gasteiger partial charge in [-0.05, 0) is 36.8 Å². The summed E-state index contributed by atoms with van der Waals surface area (Å²) in [7, 11) is -3.76. The number of hydrogen-bond donors (Lipinski definition) is 2. The summed E-state index contributed by atoms with van der Waals surface area (Å²) in [5.74, 6) is 2.43. The van der Waals surface area contributed by atoms with Crippen LogP contribution in [0.15, 0.2) is 53.4 Å². The molecule has 1 amide bonds. The molecule has 26 heavy (non-hydrogen) atoms. The molecule has 0 radical (unpaired) electrons. The molecule has 6 nitrogen and oxygen atoms in total. The molecule has 7 heteroatoms. The van der Waals surface area contributed by atoms with Crippen LogP contribution >= 0.6 is 0 Å². The fourth-order valence-corrected chi connectivity index (χ4v) is 3.09. The van der Waals surface area contributed by atoms with Gasteiger partial charge in [0.2, 0.25) is 10.0 Å². The zero-order valence-electron chi connectivity index (χ0n) is 14.4. The fraction of sp³-hybridized carbons (Fsp3) is 0.211. The predicted octanol–water partition coefficient (Wildman–Crippen LogP) is 2.64. The predicted molar refractivity (Wildman–Crippen MR) is 101 cm³/mol. The lowest BCUT2D eigenvalue weighted by Gasteiger charge is -2.10. The fourth-order valence-electron chi connectivity index (χ4n) is 2.11. The minimum absolute atomic E-state index is 0.0274. The molecular weight excluding hydrogens is 352 g/mol. The van der Waals surface area contributed by atoms with E-state index in [9.17, 15) is 13.2 Å². The number of terminal acetylenes is 1. The molecule has 2 aromatic rings. The Morgan fingerprint density at radius 1 is 1.19 bits per heavy atom. The van der Waals surface area contributed by atoms with E-state index in [1.165, 1.54) is 24.3 Å². The molecule has 0 aliphatic heterocycles. The number of carbonyl (C=O) groups is 1. The molecule has 2 aromatic carbocycles. The van der Waals surface area contributed by atoms with Crippen LogP contribution in [-0.2, 0) is 10.0 Å². The SMILES string of the molecule is C#CCNS(=O)(=O)c1cccc(C(=O)Nc2cccc(OCCC)c2)c1. The van der Waals surface area contributed by atoms with Crippen LogP contribution in [0, 0.1) is 12.3 Å². The molecule has 0 bridgehead atoms. The van der Waals surface area contributed by atoms with Gasteiger partial charge in [0.05, 0.1) is 18.0 Å². The lowest BCUT2D eigenvalue weighted by atomic mass is 10.2. The number of anilines is 1. The second-order valence-corrected chi connectivity index (χ2v) is 7.15. The van der Waals surface area contributed by atoms with Gasteiger partial charge in [0.25, 0.3) is 5.91 Å². The maximum absolute atomic E-state index is 12.4. The van der Waals surface area contributed by atoms with Gasteiger partial charge in [-0.25, -0.2) is 8.42 Å². The van der Waals surface area contributed by atoms with Gasteiger partial charge in [0.15, 0.2) is 0 Å². The molecule has 0 unspecified atom stereocenters. The van der Waals surface area contributed by atoms with Crippen molar-refractivity contribution in [3.63, 3.8) is 0 Å². The van der Waals surface area contributed by atoms with Crippen molar-refractivity contribution in [2.45, 2.75) is 18.2 Å². The molecule has 0 aromatic heterocycles. The highest BCUT2D eigenvalue weighted by Crippen LogP contribution is 2.19. The van der Waals surface area contributed by atoms with Crippen LogP contribution in [0.25, 0.3) is 0 Å². The Morgan fingerprint density at radius 2 is 1.96 bits per heavy atom. The second kappa shape index (κ2) is 9.04. The van der Waals surface area contributed by atoms with Crippen LogP contribution in [0.5, 0.6) is 5.75 Å². The molecule has 0 aliphatic carbocycles. The van der Waals surface area contributed by atoms with E-state index < -0.39 is 15.9 Å². The highest BCUT2D eigenvalue weighted by Gasteiger charge is 2.15. The van der Waals surface area contributed by atoms with Gasteiger partial charge in [-0.2, -0.15) is 4.72 Å². The number of nitrogens with one attached hydrogen (secondary N) is 2. The summed E-state index contributed by atoms with van der Waals surface area (Å²) < 4.78 is 32.0. The average Bonchev–Trinajstić information content (AvgIpc) is 2.65. The third kappa shape index (κ3) is 5.34. The number of amides is 1. The maximum Gasteiger partial charge on any atom is 0.255 e. The van der Waals surface area contributed by atoms with Gasteiger partial charge in [0, 0.05) is 17.3 Å². The molecule has 0 aliphatic rings. The first-order valence-corrected chi connectivity index (χ1v) is 9.52. The van der Waals surface area contributed by atoms with Crippen molar-refractivity contribution in [3.05, 3.63) is 54.1 Å². The Balaban J connectivity index is 2.16. The van der Waals surface area contributed by atoms with Crippen molar-refractivity contribution < 1.29 is 17.9 Å². The highest BCUT2D eigenvalue weighted by atomic mass is 32.2. The summed E-state index contributed by atoms with van der Waals surface area (Å²) in [5.41, 5.74) is 0.774. The monoisotopic (exact) mass is 372 g/mol. The number of benzene rings is 2. The topological polar surface area (TPSA) is 84.5 Å². The molecule has 0 spiro atoms. The van der Waals surface area contributed by atoms with Crippen LogP contribution in [0.2, 0.25) is 0 Å². The molecule has 0 heterocycles. The van der Waals surface area contributed by atoms with Crippen molar-refractivity contribution in [2.75, 3.05) is 18.5 Å². The summed E-state index contributed by atoms with van der Waals surface area (Å²) >= 11 is 0. The molecule has 2 rings (SSSR count). The second-order valence-electron chi connectivity index (χ2n) is 5.39. The Bertz CT molecular complexity index is 917. The van der Waals surface area contributed by atoms with Crippen molar-refractivity contribution in [1.29, 1.82) is 0 Å². The van der Waals surface area contributed by atoms with Crippen LogP contribution in [-0.4, -0.2) is 27.5 Å². The van der Waals surface area contributed by atoms with Gasteiger partial charge >= 0.3 is 0 Å². The smallest absolute Gasteiger partial charge is 0.255 e. The largest absolute Gasteiger partial charge is 0.494 e. The molecule has 0 saturated carbocycles. The van der Waals surface area contributed by atoms with Gasteiger partial charge in [-0.3, -0.25) is 4.79 Å². The van der Waals surface area contributed by atoms with E-state index in [2.05, 4.69) is 16.0 Å². The van der Waals surface area contributed by atoms with Crippen molar-refractivity contribution in [2.24, 2.45) is 0 Å². The van der Waals surface area contributed by atoms with E-state index in [1.54, 1.807) is 24.3 Å². The summed E-state index contributed by atoms with van der Waals surface area (Å²) in [5, 5.41) is 2.73. The number of hydrogen-bond acceptors (Lipinski definition) is 4. The highest BCUT2D eigenvalue weighted by molar-refractivity contribution is 7.89. The standard InChI is InChI=1S/C19H20N2O4S/c1-3-11-20-26(23,24)18-10-5-7-15(13-18)19(22)21-16-8-6-9-17(14-16)25-12-4-2/h1,5-10,13-14,20H,4,11-12H2,2H3,(H,21,22). The summed E-state index contributed by atoms with van der Waals surface area (Å²) in [6, 6.07) is 12.7. The Kier molecular flexibility index (Phi) is 6.78. The van der Waals surface area contributed by atoms with E-state index in [-0.39, 0.29) is 17.0 Å². The maximum atomic E-state index is 12.4. The van der Waals surface area contributed by atoms with Crippen LogP contribution in [0.4, 0.5) is 5.69 Å². The van der Waals surface area contributed by atoms with Gasteiger partial charge in [0.1, 0.15) is 5.75 Å². The first-order valence-electron chi connectivity index (χ1n) is 8.03. The lowest BCUT2D eigenvalue weighted by molar-refractivity contribution is 0.102. The minimum atomic E-state index is -3.76. The number of ether oxygens (including phenoxy) is 1. The first-order chi connectivity index (χ1) is 12.5. The third-order valence-corrected chi connectivity index (χ3v) is 4.73. The van der Waals surface area contributed by atoms with Gasteiger partial charge in [-0.15, -0.1) is 6.42 Å². The molecule has 0 atom stereocenters. The molecular formula is C19H20N2O4S. The van der Waals surface area contributed by atoms with Crippen LogP contribution in [0.3, 0.4) is 0 Å².